The number of alkyl halides is 2. The van der Waals surface area contributed by atoms with E-state index < -0.39 is 23.9 Å². The number of carbonyl (C=O) groups is 2. The van der Waals surface area contributed by atoms with E-state index in [4.69, 9.17) is 0 Å². The maximum Gasteiger partial charge on any atom is 0.321 e. The molecule has 0 radical (unpaired) electrons. The highest BCUT2D eigenvalue weighted by Gasteiger charge is 2.39. The largest absolute Gasteiger partial charge is 0.347 e. The zero-order valence-electron chi connectivity index (χ0n) is 10.3. The van der Waals surface area contributed by atoms with Gasteiger partial charge in [-0.15, -0.1) is 0 Å². The predicted octanol–water partition coefficient (Wildman–Crippen LogP) is 1.39. The van der Waals surface area contributed by atoms with E-state index in [9.17, 15) is 18.4 Å². The van der Waals surface area contributed by atoms with E-state index in [1.54, 1.807) is 24.3 Å². The van der Waals surface area contributed by atoms with Crippen molar-refractivity contribution in [2.75, 3.05) is 0 Å². The van der Waals surface area contributed by atoms with E-state index in [0.717, 1.165) is 5.56 Å². The maximum atomic E-state index is 12.9. The molecule has 0 bridgehead atoms. The van der Waals surface area contributed by atoms with Gasteiger partial charge in [0.25, 0.3) is 5.91 Å². The van der Waals surface area contributed by atoms with Gasteiger partial charge in [0.1, 0.15) is 0 Å². The first-order chi connectivity index (χ1) is 8.88. The van der Waals surface area contributed by atoms with Gasteiger partial charge < -0.3 is 10.6 Å². The molecule has 1 aromatic carbocycles. The minimum absolute atomic E-state index is 0.00137. The smallest absolute Gasteiger partial charge is 0.321 e. The number of nitrogens with one attached hydrogen (secondary N) is 2. The van der Waals surface area contributed by atoms with Gasteiger partial charge in [0.2, 0.25) is 5.91 Å². The number of carbonyl (C=O) groups excluding carboxylic acids is 2. The minimum atomic E-state index is -3.45. The molecule has 2 amide bonds. The number of halogens is 2. The average Bonchev–Trinajstić information content (AvgIpc) is 2.70. The van der Waals surface area contributed by atoms with Crippen molar-refractivity contribution in [3.63, 3.8) is 0 Å². The van der Waals surface area contributed by atoms with Crippen LogP contribution in [0.4, 0.5) is 8.78 Å². The molecule has 1 aliphatic heterocycles. The Labute approximate surface area is 109 Å². The van der Waals surface area contributed by atoms with Crippen LogP contribution in [0.2, 0.25) is 0 Å². The third-order valence-corrected chi connectivity index (χ3v) is 3.00. The van der Waals surface area contributed by atoms with Gasteiger partial charge in [-0.2, -0.15) is 8.78 Å². The molecule has 6 heteroatoms. The Morgan fingerprint density at radius 3 is 2.58 bits per heavy atom. The van der Waals surface area contributed by atoms with Gasteiger partial charge in [-0.05, 0) is 5.56 Å². The second kappa shape index (κ2) is 4.95. The summed E-state index contributed by atoms with van der Waals surface area (Å²) >= 11 is 0. The molecule has 4 nitrogen and oxygen atoms in total. The normalized spacial score (nSPS) is 23.0. The van der Waals surface area contributed by atoms with Crippen LogP contribution in [-0.4, -0.2) is 23.8 Å². The van der Waals surface area contributed by atoms with E-state index >= 15 is 0 Å². The van der Waals surface area contributed by atoms with Crippen molar-refractivity contribution in [3.8, 4) is 0 Å². The maximum absolute atomic E-state index is 12.9. The first-order valence-electron chi connectivity index (χ1n) is 5.91. The molecule has 1 aromatic rings. The van der Waals surface area contributed by atoms with Gasteiger partial charge in [0.15, 0.2) is 0 Å². The lowest BCUT2D eigenvalue weighted by Crippen LogP contribution is -2.45. The molecule has 0 aliphatic carbocycles. The van der Waals surface area contributed by atoms with Gasteiger partial charge in [-0.25, -0.2) is 0 Å². The Hall–Kier alpha value is -1.98. The van der Waals surface area contributed by atoms with Crippen LogP contribution in [0, 0.1) is 0 Å². The van der Waals surface area contributed by atoms with Gasteiger partial charge >= 0.3 is 5.92 Å². The second-order valence-electron chi connectivity index (χ2n) is 4.63. The molecule has 0 spiro atoms. The van der Waals surface area contributed by atoms with E-state index in [1.807, 2.05) is 6.07 Å². The molecular formula is C13H14F2N2O2. The number of amides is 2. The lowest BCUT2D eigenvalue weighted by atomic mass is 10.0. The SMILES string of the molecule is CC(F)(F)C(=O)NC1CC(=O)NC1c1ccccc1. The summed E-state index contributed by atoms with van der Waals surface area (Å²) in [4.78, 5) is 22.7. The Kier molecular flexibility index (Phi) is 3.50. The Balaban J connectivity index is 2.15. The van der Waals surface area contributed by atoms with Crippen molar-refractivity contribution >= 4 is 11.8 Å². The second-order valence-corrected chi connectivity index (χ2v) is 4.63. The third kappa shape index (κ3) is 3.07. The van der Waals surface area contributed by atoms with Crippen LogP contribution in [0.25, 0.3) is 0 Å². The summed E-state index contributed by atoms with van der Waals surface area (Å²) in [5.41, 5.74) is 0.776. The fourth-order valence-electron chi connectivity index (χ4n) is 2.06. The van der Waals surface area contributed by atoms with E-state index in [1.165, 1.54) is 0 Å². The molecule has 19 heavy (non-hydrogen) atoms. The van der Waals surface area contributed by atoms with Gasteiger partial charge in [0, 0.05) is 13.3 Å². The molecule has 0 saturated carbocycles. The molecule has 102 valence electrons. The van der Waals surface area contributed by atoms with Crippen LogP contribution in [0.15, 0.2) is 30.3 Å². The lowest BCUT2D eigenvalue weighted by Gasteiger charge is -2.22. The molecule has 2 N–H and O–H groups in total. The Morgan fingerprint density at radius 1 is 1.37 bits per heavy atom. The van der Waals surface area contributed by atoms with Crippen LogP contribution >= 0.6 is 0 Å². The van der Waals surface area contributed by atoms with Crippen molar-refractivity contribution < 1.29 is 18.4 Å². The van der Waals surface area contributed by atoms with E-state index in [-0.39, 0.29) is 12.3 Å². The van der Waals surface area contributed by atoms with Crippen molar-refractivity contribution in [1.82, 2.24) is 10.6 Å². The minimum Gasteiger partial charge on any atom is -0.347 e. The molecular weight excluding hydrogens is 254 g/mol. The van der Waals surface area contributed by atoms with Gasteiger partial charge in [-0.3, -0.25) is 9.59 Å². The standard InChI is InChI=1S/C13H14F2N2O2/c1-13(14,15)12(19)16-9-7-10(18)17-11(9)8-5-3-2-4-6-8/h2-6,9,11H,7H2,1H3,(H,16,19)(H,17,18). The Morgan fingerprint density at radius 2 is 2.00 bits per heavy atom. The molecule has 1 heterocycles. The first-order valence-corrected chi connectivity index (χ1v) is 5.91. The molecule has 1 fully saturated rings. The van der Waals surface area contributed by atoms with Crippen molar-refractivity contribution in [2.24, 2.45) is 0 Å². The molecule has 2 rings (SSSR count). The summed E-state index contributed by atoms with van der Waals surface area (Å²) in [5, 5.41) is 4.90. The zero-order chi connectivity index (χ0) is 14.0. The summed E-state index contributed by atoms with van der Waals surface area (Å²) < 4.78 is 25.8. The number of rotatable bonds is 3. The summed E-state index contributed by atoms with van der Waals surface area (Å²) in [6, 6.07) is 7.81. The number of hydrogen-bond donors (Lipinski definition) is 2. The van der Waals surface area contributed by atoms with E-state index in [2.05, 4.69) is 10.6 Å². The highest BCUT2D eigenvalue weighted by Crippen LogP contribution is 2.25. The fourth-order valence-corrected chi connectivity index (χ4v) is 2.06. The lowest BCUT2D eigenvalue weighted by molar-refractivity contribution is -0.143. The van der Waals surface area contributed by atoms with Crippen LogP contribution in [0.3, 0.4) is 0 Å². The van der Waals surface area contributed by atoms with Crippen molar-refractivity contribution in [3.05, 3.63) is 35.9 Å². The molecule has 2 atom stereocenters. The monoisotopic (exact) mass is 268 g/mol. The van der Waals surface area contributed by atoms with Crippen LogP contribution in [0.5, 0.6) is 0 Å². The predicted molar refractivity (Wildman–Crippen MR) is 64.5 cm³/mol. The topological polar surface area (TPSA) is 58.2 Å². The summed E-state index contributed by atoms with van der Waals surface area (Å²) in [7, 11) is 0. The van der Waals surface area contributed by atoms with Crippen LogP contribution in [0.1, 0.15) is 24.9 Å². The summed E-state index contributed by atoms with van der Waals surface area (Å²) in [6.07, 6.45) is 0.00137. The van der Waals surface area contributed by atoms with Crippen molar-refractivity contribution in [2.45, 2.75) is 31.4 Å². The number of hydrogen-bond acceptors (Lipinski definition) is 2. The molecule has 0 aromatic heterocycles. The van der Waals surface area contributed by atoms with Gasteiger partial charge in [-0.1, -0.05) is 30.3 Å². The Bertz CT molecular complexity index is 485. The first kappa shape index (κ1) is 13.5. The fraction of sp³-hybridized carbons (Fsp3) is 0.385. The molecule has 1 aliphatic rings. The summed E-state index contributed by atoms with van der Waals surface area (Å²) in [5.74, 6) is -5.08. The summed E-state index contributed by atoms with van der Waals surface area (Å²) in [6.45, 7) is 0.532. The molecule has 2 unspecified atom stereocenters. The van der Waals surface area contributed by atoms with Crippen molar-refractivity contribution in [1.29, 1.82) is 0 Å². The van der Waals surface area contributed by atoms with Gasteiger partial charge in [0.05, 0.1) is 12.1 Å². The molecule has 1 saturated heterocycles. The van der Waals surface area contributed by atoms with Crippen LogP contribution in [-0.2, 0) is 9.59 Å². The highest BCUT2D eigenvalue weighted by molar-refractivity contribution is 5.86. The average molecular weight is 268 g/mol. The quantitative estimate of drug-likeness (QED) is 0.870. The zero-order valence-corrected chi connectivity index (χ0v) is 10.3. The number of benzene rings is 1. The third-order valence-electron chi connectivity index (χ3n) is 3.00. The van der Waals surface area contributed by atoms with E-state index in [0.29, 0.717) is 6.92 Å². The van der Waals surface area contributed by atoms with Crippen LogP contribution < -0.4 is 10.6 Å². The highest BCUT2D eigenvalue weighted by atomic mass is 19.3.